The van der Waals surface area contributed by atoms with Crippen molar-refractivity contribution in [3.63, 3.8) is 0 Å². The fraction of sp³-hybridized carbons (Fsp3) is 0.545. The summed E-state index contributed by atoms with van der Waals surface area (Å²) < 4.78 is 0.605. The van der Waals surface area contributed by atoms with Crippen LogP contribution in [0.3, 0.4) is 0 Å². The molecule has 1 rings (SSSR count). The number of aromatic nitrogens is 1. The molecule has 18 heavy (non-hydrogen) atoms. The molecule has 100 valence electrons. The number of rotatable bonds is 6. The fourth-order valence-corrected chi connectivity index (χ4v) is 1.92. The number of nitrogens with zero attached hydrogens (tertiary/aromatic N) is 2. The van der Waals surface area contributed by atoms with E-state index >= 15 is 0 Å². The molecule has 0 aromatic carbocycles. The second-order valence-corrected chi connectivity index (χ2v) is 4.98. The normalized spacial score (nSPS) is 12.2. The highest BCUT2D eigenvalue weighted by atomic mass is 79.9. The van der Waals surface area contributed by atoms with Crippen molar-refractivity contribution in [2.45, 2.75) is 20.3 Å². The van der Waals surface area contributed by atoms with Crippen molar-refractivity contribution in [2.24, 2.45) is 5.92 Å². The van der Waals surface area contributed by atoms with Crippen LogP contribution in [0.15, 0.2) is 10.7 Å². The molecule has 1 aromatic rings. The quantitative estimate of drug-likeness (QED) is 0.621. The van der Waals surface area contributed by atoms with Gasteiger partial charge in [0.25, 0.3) is 5.69 Å². The topological polar surface area (TPSA) is 88.3 Å². The molecule has 0 amide bonds. The van der Waals surface area contributed by atoms with Crippen molar-refractivity contribution in [2.75, 3.05) is 18.5 Å². The van der Waals surface area contributed by atoms with Crippen molar-refractivity contribution in [3.8, 4) is 0 Å². The molecule has 0 saturated carbocycles. The lowest BCUT2D eigenvalue weighted by Crippen LogP contribution is -2.14. The molecular weight excluding hydrogens is 302 g/mol. The van der Waals surface area contributed by atoms with Gasteiger partial charge in [0.1, 0.15) is 12.0 Å². The molecule has 1 aromatic heterocycles. The summed E-state index contributed by atoms with van der Waals surface area (Å²) in [5.41, 5.74) is 0.545. The van der Waals surface area contributed by atoms with Gasteiger partial charge < -0.3 is 10.4 Å². The number of aliphatic hydroxyl groups excluding tert-OH is 1. The van der Waals surface area contributed by atoms with Crippen molar-refractivity contribution in [1.29, 1.82) is 0 Å². The maximum absolute atomic E-state index is 10.7. The Bertz CT molecular complexity index is 440. The van der Waals surface area contributed by atoms with Crippen molar-refractivity contribution in [3.05, 3.63) is 26.3 Å². The Hall–Kier alpha value is -1.21. The maximum atomic E-state index is 10.7. The van der Waals surface area contributed by atoms with Gasteiger partial charge in [-0.1, -0.05) is 6.92 Å². The van der Waals surface area contributed by atoms with E-state index < -0.39 is 4.92 Å². The summed E-state index contributed by atoms with van der Waals surface area (Å²) in [4.78, 5) is 14.3. The molecule has 2 N–H and O–H groups in total. The molecular formula is C11H16BrN3O3. The van der Waals surface area contributed by atoms with Gasteiger partial charge in [-0.3, -0.25) is 10.1 Å². The average Bonchev–Trinajstić information content (AvgIpc) is 2.31. The number of anilines is 1. The molecule has 0 aliphatic rings. The summed E-state index contributed by atoms with van der Waals surface area (Å²) in [7, 11) is 0. The number of halogens is 1. The van der Waals surface area contributed by atoms with Gasteiger partial charge in [-0.25, -0.2) is 4.98 Å². The minimum absolute atomic E-state index is 0.00386. The molecule has 0 aliphatic heterocycles. The zero-order valence-electron chi connectivity index (χ0n) is 10.3. The number of nitro groups is 1. The van der Waals surface area contributed by atoms with E-state index in [0.29, 0.717) is 34.7 Å². The molecule has 0 bridgehead atoms. The van der Waals surface area contributed by atoms with Crippen molar-refractivity contribution in [1.82, 2.24) is 4.98 Å². The second-order valence-electron chi connectivity index (χ2n) is 4.19. The Kier molecular flexibility index (Phi) is 5.49. The highest BCUT2D eigenvalue weighted by molar-refractivity contribution is 9.10. The third-order valence-corrected chi connectivity index (χ3v) is 3.64. The number of nitrogens with one attached hydrogen (secondary N) is 1. The highest BCUT2D eigenvalue weighted by Gasteiger charge is 2.17. The lowest BCUT2D eigenvalue weighted by molar-refractivity contribution is -0.385. The summed E-state index contributed by atoms with van der Waals surface area (Å²) in [6.07, 6.45) is 1.95. The molecule has 0 fully saturated rings. The van der Waals surface area contributed by atoms with Crippen molar-refractivity contribution >= 4 is 27.4 Å². The van der Waals surface area contributed by atoms with E-state index in [2.05, 4.69) is 26.2 Å². The maximum Gasteiger partial charge on any atom is 0.291 e. The average molecular weight is 318 g/mol. The van der Waals surface area contributed by atoms with Crippen LogP contribution < -0.4 is 5.32 Å². The second kappa shape index (κ2) is 6.65. The van der Waals surface area contributed by atoms with Crippen LogP contribution >= 0.6 is 15.9 Å². The van der Waals surface area contributed by atoms with E-state index in [4.69, 9.17) is 5.11 Å². The molecule has 1 unspecified atom stereocenters. The van der Waals surface area contributed by atoms with Crippen LogP contribution in [0.5, 0.6) is 0 Å². The van der Waals surface area contributed by atoms with Crippen molar-refractivity contribution < 1.29 is 10.0 Å². The Morgan fingerprint density at radius 3 is 2.89 bits per heavy atom. The first-order valence-corrected chi connectivity index (χ1v) is 6.40. The zero-order valence-corrected chi connectivity index (χ0v) is 11.9. The molecule has 6 nitrogen and oxygen atoms in total. The summed E-state index contributed by atoms with van der Waals surface area (Å²) in [5, 5.41) is 22.6. The Balaban J connectivity index is 2.79. The van der Waals surface area contributed by atoms with E-state index in [1.54, 1.807) is 6.92 Å². The molecule has 1 atom stereocenters. The van der Waals surface area contributed by atoms with Crippen LogP contribution in [0.1, 0.15) is 18.9 Å². The molecule has 0 spiro atoms. The Labute approximate surface area is 114 Å². The minimum atomic E-state index is -0.453. The van der Waals surface area contributed by atoms with E-state index in [-0.39, 0.29) is 12.3 Å². The summed E-state index contributed by atoms with van der Waals surface area (Å²) >= 11 is 3.31. The van der Waals surface area contributed by atoms with Gasteiger partial charge in [0.15, 0.2) is 0 Å². The Morgan fingerprint density at radius 2 is 2.33 bits per heavy atom. The van der Waals surface area contributed by atoms with Crippen LogP contribution in [-0.4, -0.2) is 28.2 Å². The standard InChI is InChI=1S/C11H16BrN3O3/c1-7(3-4-16)5-13-11-10(12)8(2)9(6-14-11)15(17)18/h6-7,16H,3-5H2,1-2H3,(H,13,14). The predicted molar refractivity (Wildman–Crippen MR) is 72.7 cm³/mol. The molecule has 0 radical (unpaired) electrons. The van der Waals surface area contributed by atoms with E-state index in [9.17, 15) is 10.1 Å². The van der Waals surface area contributed by atoms with Crippen LogP contribution in [0.2, 0.25) is 0 Å². The largest absolute Gasteiger partial charge is 0.396 e. The summed E-state index contributed by atoms with van der Waals surface area (Å²) in [5.74, 6) is 0.891. The van der Waals surface area contributed by atoms with Crippen LogP contribution in [-0.2, 0) is 0 Å². The summed E-state index contributed by atoms with van der Waals surface area (Å²) in [6.45, 7) is 4.49. The minimum Gasteiger partial charge on any atom is -0.396 e. The van der Waals surface area contributed by atoms with E-state index in [1.165, 1.54) is 6.20 Å². The lowest BCUT2D eigenvalue weighted by Gasteiger charge is -2.13. The number of hydrogen-bond donors (Lipinski definition) is 2. The first-order valence-electron chi connectivity index (χ1n) is 5.61. The van der Waals surface area contributed by atoms with Gasteiger partial charge in [-0.2, -0.15) is 0 Å². The van der Waals surface area contributed by atoms with E-state index in [0.717, 1.165) is 0 Å². The Morgan fingerprint density at radius 1 is 1.67 bits per heavy atom. The monoisotopic (exact) mass is 317 g/mol. The third kappa shape index (κ3) is 3.64. The first kappa shape index (κ1) is 14.8. The molecule has 0 saturated heterocycles. The molecule has 7 heteroatoms. The SMILES string of the molecule is Cc1c([N+](=O)[O-])cnc(NCC(C)CCO)c1Br. The fourth-order valence-electron chi connectivity index (χ4n) is 1.47. The van der Waals surface area contributed by atoms with Gasteiger partial charge in [-0.05, 0) is 35.2 Å². The molecule has 0 aliphatic carbocycles. The third-order valence-electron chi connectivity index (χ3n) is 2.67. The highest BCUT2D eigenvalue weighted by Crippen LogP contribution is 2.30. The van der Waals surface area contributed by atoms with Crippen LogP contribution in [0.25, 0.3) is 0 Å². The lowest BCUT2D eigenvalue weighted by atomic mass is 10.1. The smallest absolute Gasteiger partial charge is 0.291 e. The zero-order chi connectivity index (χ0) is 13.7. The summed E-state index contributed by atoms with van der Waals surface area (Å²) in [6, 6.07) is 0. The molecule has 1 heterocycles. The number of pyridine rings is 1. The number of aliphatic hydroxyl groups is 1. The van der Waals surface area contributed by atoms with Gasteiger partial charge >= 0.3 is 0 Å². The van der Waals surface area contributed by atoms with Gasteiger partial charge in [0.2, 0.25) is 0 Å². The van der Waals surface area contributed by atoms with E-state index in [1.807, 2.05) is 6.92 Å². The van der Waals surface area contributed by atoms with Crippen LogP contribution in [0, 0.1) is 23.0 Å². The van der Waals surface area contributed by atoms with Gasteiger partial charge in [0, 0.05) is 18.7 Å². The predicted octanol–water partition coefficient (Wildman–Crippen LogP) is 2.49. The van der Waals surface area contributed by atoms with Gasteiger partial charge in [-0.15, -0.1) is 0 Å². The number of hydrogen-bond acceptors (Lipinski definition) is 5. The first-order chi connectivity index (χ1) is 8.47. The van der Waals surface area contributed by atoms with Crippen LogP contribution in [0.4, 0.5) is 11.5 Å². The van der Waals surface area contributed by atoms with Gasteiger partial charge in [0.05, 0.1) is 9.40 Å².